The lowest BCUT2D eigenvalue weighted by Gasteiger charge is -2.30. The molecule has 0 aromatic heterocycles. The summed E-state index contributed by atoms with van der Waals surface area (Å²) in [6, 6.07) is 18.1. The van der Waals surface area contributed by atoms with Crippen molar-refractivity contribution in [2.45, 2.75) is 66.2 Å². The summed E-state index contributed by atoms with van der Waals surface area (Å²) >= 11 is 0. The summed E-state index contributed by atoms with van der Waals surface area (Å²) in [6.07, 6.45) is 2.43. The molecular weight excluding hydrogens is 312 g/mol. The number of benzene rings is 2. The molecule has 0 heterocycles. The van der Waals surface area contributed by atoms with Gasteiger partial charge in [0.05, 0.1) is 0 Å². The summed E-state index contributed by atoms with van der Waals surface area (Å²) in [4.78, 5) is 0. The van der Waals surface area contributed by atoms with Gasteiger partial charge in [-0.1, -0.05) is 87.4 Å². The monoisotopic (exact) mass is 344 g/mol. The van der Waals surface area contributed by atoms with Crippen LogP contribution in [0.4, 0.5) is 0 Å². The number of rotatable bonds is 0. The largest absolute Gasteiger partial charge is 0.0683 e. The van der Waals surface area contributed by atoms with E-state index in [1.165, 1.54) is 35.1 Å². The summed E-state index contributed by atoms with van der Waals surface area (Å²) in [6.45, 7) is 12.7. The van der Waals surface area contributed by atoms with E-state index in [-0.39, 0.29) is 0 Å². The highest BCUT2D eigenvalue weighted by Crippen LogP contribution is 2.58. The molecule has 0 amide bonds. The predicted molar refractivity (Wildman–Crippen MR) is 115 cm³/mol. The fourth-order valence-corrected chi connectivity index (χ4v) is 5.02. The molecule has 1 fully saturated rings. The van der Waals surface area contributed by atoms with Gasteiger partial charge in [-0.2, -0.15) is 0 Å². The zero-order chi connectivity index (χ0) is 18.8. The second-order valence-corrected chi connectivity index (χ2v) is 6.99. The third-order valence-corrected chi connectivity index (χ3v) is 6.14. The zero-order valence-corrected chi connectivity index (χ0v) is 17.2. The van der Waals surface area contributed by atoms with Gasteiger partial charge in [-0.3, -0.25) is 0 Å². The molecule has 0 heteroatoms. The average molecular weight is 345 g/mol. The maximum Gasteiger partial charge on any atom is 0.00722 e. The third-order valence-electron chi connectivity index (χ3n) is 6.14. The molecule has 0 radical (unpaired) electrons. The first-order valence-corrected chi connectivity index (χ1v) is 10.3. The maximum absolute atomic E-state index is 2.35. The maximum atomic E-state index is 2.35. The van der Waals surface area contributed by atoms with Gasteiger partial charge in [-0.05, 0) is 60.1 Å². The summed E-state index contributed by atoms with van der Waals surface area (Å²) in [7, 11) is 0. The molecule has 0 bridgehead atoms. The van der Waals surface area contributed by atoms with E-state index in [2.05, 4.69) is 62.4 Å². The molecule has 5 rings (SSSR count). The van der Waals surface area contributed by atoms with E-state index in [4.69, 9.17) is 0 Å². The first kappa shape index (κ1) is 18.7. The predicted octanol–water partition coefficient (Wildman–Crippen LogP) is 7.97. The zero-order valence-electron chi connectivity index (χ0n) is 17.2. The number of hydrogen-bond acceptors (Lipinski definition) is 0. The molecule has 1 saturated carbocycles. The Labute approximate surface area is 159 Å². The van der Waals surface area contributed by atoms with E-state index in [1.54, 1.807) is 22.3 Å². The smallest absolute Gasteiger partial charge is 0.00722 e. The van der Waals surface area contributed by atoms with Gasteiger partial charge < -0.3 is 0 Å². The van der Waals surface area contributed by atoms with Crippen LogP contribution in [0, 0.1) is 0 Å². The standard InChI is InChI=1S/C22H20.2C2H6/c1-13-15-7-3-5-9-17(15)21-12-22-18-10-6-4-8-16(18)14(2)20(22)11-19(13)21;2*1-2/h3-10,21-22H,11-12H2,1-2H3;2*1-2H3. The van der Waals surface area contributed by atoms with Crippen LogP contribution in [0.2, 0.25) is 0 Å². The minimum absolute atomic E-state index is 0.643. The molecule has 2 atom stereocenters. The SMILES string of the molecule is CC.CC.CC1=C2CC3=C(C)c4ccccc4C3CC2c2ccccc21. The van der Waals surface area contributed by atoms with Crippen molar-refractivity contribution in [3.63, 3.8) is 0 Å². The van der Waals surface area contributed by atoms with Crippen molar-refractivity contribution in [3.8, 4) is 0 Å². The first-order chi connectivity index (χ1) is 12.8. The highest BCUT2D eigenvalue weighted by atomic mass is 14.4. The molecule has 0 saturated heterocycles. The van der Waals surface area contributed by atoms with E-state index in [0.717, 1.165) is 0 Å². The molecule has 2 aromatic carbocycles. The van der Waals surface area contributed by atoms with Crippen molar-refractivity contribution in [3.05, 3.63) is 81.9 Å². The fraction of sp³-hybridized carbons (Fsp3) is 0.385. The number of hydrogen-bond donors (Lipinski definition) is 0. The van der Waals surface area contributed by atoms with Crippen molar-refractivity contribution in [1.29, 1.82) is 0 Å². The molecule has 2 unspecified atom stereocenters. The molecule has 26 heavy (non-hydrogen) atoms. The molecule has 0 N–H and O–H groups in total. The Morgan fingerprint density at radius 3 is 1.42 bits per heavy atom. The minimum atomic E-state index is 0.643. The van der Waals surface area contributed by atoms with Crippen LogP contribution >= 0.6 is 0 Å². The Morgan fingerprint density at radius 1 is 0.615 bits per heavy atom. The molecule has 136 valence electrons. The van der Waals surface area contributed by atoms with Gasteiger partial charge in [0, 0.05) is 11.8 Å². The molecule has 0 nitrogen and oxygen atoms in total. The normalized spacial score (nSPS) is 21.6. The average Bonchev–Trinajstić information content (AvgIpc) is 3.17. The third kappa shape index (κ3) is 2.67. The second kappa shape index (κ2) is 7.66. The van der Waals surface area contributed by atoms with E-state index >= 15 is 0 Å². The van der Waals surface area contributed by atoms with Gasteiger partial charge in [0.1, 0.15) is 0 Å². The Bertz CT molecular complexity index is 792. The first-order valence-electron chi connectivity index (χ1n) is 10.3. The summed E-state index contributed by atoms with van der Waals surface area (Å²) in [5.74, 6) is 1.29. The van der Waals surface area contributed by atoms with Crippen LogP contribution in [0.15, 0.2) is 59.7 Å². The van der Waals surface area contributed by atoms with Crippen LogP contribution in [-0.4, -0.2) is 0 Å². The molecule has 0 aliphatic heterocycles. The van der Waals surface area contributed by atoms with E-state index in [9.17, 15) is 0 Å². The quantitative estimate of drug-likeness (QED) is 0.454. The highest BCUT2D eigenvalue weighted by Gasteiger charge is 2.40. The van der Waals surface area contributed by atoms with E-state index in [1.807, 2.05) is 27.7 Å². The van der Waals surface area contributed by atoms with Crippen molar-refractivity contribution in [1.82, 2.24) is 0 Å². The van der Waals surface area contributed by atoms with Crippen molar-refractivity contribution in [2.75, 3.05) is 0 Å². The van der Waals surface area contributed by atoms with Crippen LogP contribution in [0.5, 0.6) is 0 Å². The van der Waals surface area contributed by atoms with Gasteiger partial charge >= 0.3 is 0 Å². The van der Waals surface area contributed by atoms with E-state index < -0.39 is 0 Å². The van der Waals surface area contributed by atoms with E-state index in [0.29, 0.717) is 11.8 Å². The van der Waals surface area contributed by atoms with Crippen LogP contribution in [0.25, 0.3) is 11.1 Å². The molecule has 3 aliphatic carbocycles. The summed E-state index contributed by atoms with van der Waals surface area (Å²) in [5.41, 5.74) is 12.6. The Hall–Kier alpha value is -2.08. The van der Waals surface area contributed by atoms with Crippen LogP contribution < -0.4 is 0 Å². The Kier molecular flexibility index (Phi) is 5.51. The lowest BCUT2D eigenvalue weighted by Crippen LogP contribution is -2.14. The van der Waals surface area contributed by atoms with Gasteiger partial charge in [-0.15, -0.1) is 0 Å². The highest BCUT2D eigenvalue weighted by molar-refractivity contribution is 5.83. The summed E-state index contributed by atoms with van der Waals surface area (Å²) < 4.78 is 0. The second-order valence-electron chi connectivity index (χ2n) is 6.99. The van der Waals surface area contributed by atoms with Gasteiger partial charge in [0.25, 0.3) is 0 Å². The van der Waals surface area contributed by atoms with Crippen molar-refractivity contribution < 1.29 is 0 Å². The lowest BCUT2D eigenvalue weighted by atomic mass is 9.73. The Morgan fingerprint density at radius 2 is 1.00 bits per heavy atom. The van der Waals surface area contributed by atoms with Crippen LogP contribution in [0.1, 0.15) is 88.5 Å². The summed E-state index contributed by atoms with van der Waals surface area (Å²) in [5, 5.41) is 0. The van der Waals surface area contributed by atoms with Gasteiger partial charge in [0.15, 0.2) is 0 Å². The molecule has 2 aromatic rings. The van der Waals surface area contributed by atoms with Crippen molar-refractivity contribution in [2.24, 2.45) is 0 Å². The van der Waals surface area contributed by atoms with Crippen LogP contribution in [0.3, 0.4) is 0 Å². The number of fused-ring (bicyclic) bond motifs is 6. The minimum Gasteiger partial charge on any atom is -0.0683 e. The molecule has 0 spiro atoms. The Balaban J connectivity index is 0.000000461. The van der Waals surface area contributed by atoms with Crippen LogP contribution in [-0.2, 0) is 0 Å². The number of allylic oxidation sites excluding steroid dienone is 4. The lowest BCUT2D eigenvalue weighted by molar-refractivity contribution is 0.579. The topological polar surface area (TPSA) is 0 Å². The molecule has 3 aliphatic rings. The van der Waals surface area contributed by atoms with Gasteiger partial charge in [0.2, 0.25) is 0 Å². The fourth-order valence-electron chi connectivity index (χ4n) is 5.02. The van der Waals surface area contributed by atoms with Gasteiger partial charge in [-0.25, -0.2) is 0 Å². The molecular formula is C26H32. The van der Waals surface area contributed by atoms with Crippen molar-refractivity contribution >= 4 is 11.1 Å².